The van der Waals surface area contributed by atoms with E-state index in [2.05, 4.69) is 25.2 Å². The molecule has 17 heavy (non-hydrogen) atoms. The van der Waals surface area contributed by atoms with Crippen molar-refractivity contribution in [3.63, 3.8) is 0 Å². The smallest absolute Gasteiger partial charge is 0.263 e. The Kier molecular flexibility index (Phi) is 2.77. The molecule has 6 nitrogen and oxygen atoms in total. The van der Waals surface area contributed by atoms with Gasteiger partial charge in [0.1, 0.15) is 11.3 Å². The maximum absolute atomic E-state index is 13.2. The van der Waals surface area contributed by atoms with Gasteiger partial charge in [-0.25, -0.2) is 13.4 Å². The highest BCUT2D eigenvalue weighted by Gasteiger charge is 2.19. The SMILES string of the molecule is Cc1nonc1NC(=O)c1c(F)cncc1F. The molecular formula is C9H6F2N4O2. The maximum atomic E-state index is 13.2. The molecule has 88 valence electrons. The Hall–Kier alpha value is -2.38. The van der Waals surface area contributed by atoms with Crippen molar-refractivity contribution in [3.8, 4) is 0 Å². The summed E-state index contributed by atoms with van der Waals surface area (Å²) < 4.78 is 30.7. The average Bonchev–Trinajstić information content (AvgIpc) is 2.64. The molecule has 0 aliphatic rings. The van der Waals surface area contributed by atoms with Gasteiger partial charge in [0.15, 0.2) is 11.6 Å². The van der Waals surface area contributed by atoms with Gasteiger partial charge in [0.25, 0.3) is 5.91 Å². The van der Waals surface area contributed by atoms with Crippen LogP contribution in [0.15, 0.2) is 17.0 Å². The van der Waals surface area contributed by atoms with Crippen molar-refractivity contribution >= 4 is 11.7 Å². The summed E-state index contributed by atoms with van der Waals surface area (Å²) in [6, 6.07) is 0. The van der Waals surface area contributed by atoms with E-state index in [1.807, 2.05) is 0 Å². The molecule has 2 heterocycles. The standard InChI is InChI=1S/C9H6F2N4O2/c1-4-8(15-17-14-4)13-9(16)7-5(10)2-12-3-6(7)11/h2-3H,1H3,(H,13,15,16). The molecule has 1 N–H and O–H groups in total. The van der Waals surface area contributed by atoms with Crippen molar-refractivity contribution in [2.24, 2.45) is 0 Å². The van der Waals surface area contributed by atoms with Gasteiger partial charge in [0, 0.05) is 0 Å². The highest BCUT2D eigenvalue weighted by Crippen LogP contribution is 2.14. The second kappa shape index (κ2) is 4.24. The van der Waals surface area contributed by atoms with Gasteiger partial charge in [-0.15, -0.1) is 0 Å². The first kappa shape index (κ1) is 11.1. The molecule has 0 spiro atoms. The van der Waals surface area contributed by atoms with Crippen molar-refractivity contribution in [1.82, 2.24) is 15.3 Å². The van der Waals surface area contributed by atoms with Crippen LogP contribution in [0.25, 0.3) is 0 Å². The minimum Gasteiger partial charge on any atom is -0.302 e. The third kappa shape index (κ3) is 2.10. The summed E-state index contributed by atoms with van der Waals surface area (Å²) in [6.07, 6.45) is 1.48. The predicted octanol–water partition coefficient (Wildman–Crippen LogP) is 1.30. The summed E-state index contributed by atoms with van der Waals surface area (Å²) in [6.45, 7) is 1.52. The van der Waals surface area contributed by atoms with E-state index in [9.17, 15) is 13.6 Å². The Bertz CT molecular complexity index is 550. The van der Waals surface area contributed by atoms with Gasteiger partial charge in [-0.3, -0.25) is 9.78 Å². The molecule has 0 atom stereocenters. The fraction of sp³-hybridized carbons (Fsp3) is 0.111. The van der Waals surface area contributed by atoms with Gasteiger partial charge in [0.2, 0.25) is 5.82 Å². The second-order valence-corrected chi connectivity index (χ2v) is 3.13. The summed E-state index contributed by atoms with van der Waals surface area (Å²) >= 11 is 0. The van der Waals surface area contributed by atoms with Gasteiger partial charge in [-0.1, -0.05) is 5.16 Å². The van der Waals surface area contributed by atoms with Crippen LogP contribution < -0.4 is 5.32 Å². The number of rotatable bonds is 2. The van der Waals surface area contributed by atoms with E-state index in [4.69, 9.17) is 0 Å². The number of halogens is 2. The van der Waals surface area contributed by atoms with Gasteiger partial charge < -0.3 is 5.32 Å². The molecule has 0 aliphatic heterocycles. The van der Waals surface area contributed by atoms with Crippen LogP contribution >= 0.6 is 0 Å². The number of aryl methyl sites for hydroxylation is 1. The van der Waals surface area contributed by atoms with E-state index in [1.54, 1.807) is 0 Å². The lowest BCUT2D eigenvalue weighted by molar-refractivity contribution is 0.101. The Morgan fingerprint density at radius 2 is 1.94 bits per heavy atom. The predicted molar refractivity (Wildman–Crippen MR) is 51.1 cm³/mol. The van der Waals surface area contributed by atoms with E-state index in [1.165, 1.54) is 6.92 Å². The first-order valence-electron chi connectivity index (χ1n) is 4.49. The van der Waals surface area contributed by atoms with Gasteiger partial charge in [0.05, 0.1) is 12.4 Å². The zero-order valence-corrected chi connectivity index (χ0v) is 8.57. The number of anilines is 1. The Labute approximate surface area is 93.6 Å². The van der Waals surface area contributed by atoms with Crippen molar-refractivity contribution < 1.29 is 18.2 Å². The normalized spacial score (nSPS) is 10.3. The quantitative estimate of drug-likeness (QED) is 0.855. The van der Waals surface area contributed by atoms with E-state index in [-0.39, 0.29) is 5.82 Å². The molecule has 2 rings (SSSR count). The summed E-state index contributed by atoms with van der Waals surface area (Å²) in [5.74, 6) is -3.10. The van der Waals surface area contributed by atoms with Crippen molar-refractivity contribution in [2.45, 2.75) is 6.92 Å². The van der Waals surface area contributed by atoms with E-state index < -0.39 is 23.1 Å². The highest BCUT2D eigenvalue weighted by atomic mass is 19.1. The van der Waals surface area contributed by atoms with Gasteiger partial charge in [-0.2, -0.15) is 0 Å². The zero-order chi connectivity index (χ0) is 12.4. The Morgan fingerprint density at radius 1 is 1.29 bits per heavy atom. The Morgan fingerprint density at radius 3 is 2.47 bits per heavy atom. The number of pyridine rings is 1. The van der Waals surface area contributed by atoms with E-state index >= 15 is 0 Å². The third-order valence-electron chi connectivity index (χ3n) is 1.96. The molecule has 8 heteroatoms. The summed E-state index contributed by atoms with van der Waals surface area (Å²) in [5.41, 5.74) is -0.435. The average molecular weight is 240 g/mol. The number of nitrogens with one attached hydrogen (secondary N) is 1. The van der Waals surface area contributed by atoms with Crippen LogP contribution in [0.3, 0.4) is 0 Å². The maximum Gasteiger partial charge on any atom is 0.263 e. The van der Waals surface area contributed by atoms with Crippen LogP contribution in [0.2, 0.25) is 0 Å². The topological polar surface area (TPSA) is 80.9 Å². The number of hydrogen-bond donors (Lipinski definition) is 1. The van der Waals surface area contributed by atoms with Crippen LogP contribution in [-0.2, 0) is 0 Å². The second-order valence-electron chi connectivity index (χ2n) is 3.13. The fourth-order valence-electron chi connectivity index (χ4n) is 1.14. The molecule has 0 aliphatic carbocycles. The third-order valence-corrected chi connectivity index (χ3v) is 1.96. The number of amides is 1. The molecular weight excluding hydrogens is 234 g/mol. The van der Waals surface area contributed by atoms with Crippen LogP contribution in [0, 0.1) is 18.6 Å². The first-order valence-corrected chi connectivity index (χ1v) is 4.49. The number of carbonyl (C=O) groups excluding carboxylic acids is 1. The first-order chi connectivity index (χ1) is 8.09. The van der Waals surface area contributed by atoms with Crippen LogP contribution in [-0.4, -0.2) is 21.2 Å². The van der Waals surface area contributed by atoms with E-state index in [0.29, 0.717) is 5.69 Å². The lowest BCUT2D eigenvalue weighted by Gasteiger charge is -2.03. The van der Waals surface area contributed by atoms with Crippen molar-refractivity contribution in [1.29, 1.82) is 0 Å². The number of carbonyl (C=O) groups is 1. The lowest BCUT2D eigenvalue weighted by atomic mass is 10.2. The minimum atomic E-state index is -1.06. The zero-order valence-electron chi connectivity index (χ0n) is 8.57. The molecule has 0 bridgehead atoms. The molecule has 0 unspecified atom stereocenters. The van der Waals surface area contributed by atoms with Crippen LogP contribution in [0.4, 0.5) is 14.6 Å². The number of nitrogens with zero attached hydrogens (tertiary/aromatic N) is 3. The molecule has 2 aromatic heterocycles. The monoisotopic (exact) mass is 240 g/mol. The Balaban J connectivity index is 2.30. The lowest BCUT2D eigenvalue weighted by Crippen LogP contribution is -2.17. The molecule has 0 saturated heterocycles. The fourth-order valence-corrected chi connectivity index (χ4v) is 1.14. The molecule has 0 radical (unpaired) electrons. The minimum absolute atomic E-state index is 0.00520. The number of aromatic nitrogens is 3. The van der Waals surface area contributed by atoms with Crippen LogP contribution in [0.1, 0.15) is 16.1 Å². The number of hydrogen-bond acceptors (Lipinski definition) is 5. The highest BCUT2D eigenvalue weighted by molar-refractivity contribution is 6.04. The largest absolute Gasteiger partial charge is 0.302 e. The summed E-state index contributed by atoms with van der Waals surface area (Å²) in [4.78, 5) is 14.8. The van der Waals surface area contributed by atoms with Crippen molar-refractivity contribution in [2.75, 3.05) is 5.32 Å². The molecule has 1 amide bonds. The van der Waals surface area contributed by atoms with Gasteiger partial charge >= 0.3 is 0 Å². The summed E-state index contributed by atoms with van der Waals surface area (Å²) in [7, 11) is 0. The molecule has 2 aromatic rings. The van der Waals surface area contributed by atoms with Crippen molar-refractivity contribution in [3.05, 3.63) is 35.3 Å². The van der Waals surface area contributed by atoms with Gasteiger partial charge in [-0.05, 0) is 12.1 Å². The molecule has 0 aromatic carbocycles. The summed E-state index contributed by atoms with van der Waals surface area (Å²) in [5, 5.41) is 8.94. The molecule has 0 saturated carbocycles. The molecule has 0 fully saturated rings. The van der Waals surface area contributed by atoms with Crippen LogP contribution in [0.5, 0.6) is 0 Å². The van der Waals surface area contributed by atoms with E-state index in [0.717, 1.165) is 12.4 Å².